The van der Waals surface area contributed by atoms with Gasteiger partial charge in [-0.25, -0.2) is 0 Å². The fourth-order valence-corrected chi connectivity index (χ4v) is 1.30. The molecule has 0 amide bonds. The molecule has 0 spiro atoms. The molecule has 1 unspecified atom stereocenters. The number of hydrogen-bond acceptors (Lipinski definition) is 2. The summed E-state index contributed by atoms with van der Waals surface area (Å²) >= 11 is 0. The Bertz CT molecular complexity index is 108. The molecule has 0 aromatic heterocycles. The third-order valence-corrected chi connectivity index (χ3v) is 2.27. The molecule has 1 aliphatic rings. The maximum Gasteiger partial charge on any atom is 0.120 e. The first-order valence-corrected chi connectivity index (χ1v) is 3.96. The lowest BCUT2D eigenvalue weighted by atomic mass is 9.80. The summed E-state index contributed by atoms with van der Waals surface area (Å²) in [7, 11) is 0. The third-order valence-electron chi connectivity index (χ3n) is 2.27. The van der Waals surface area contributed by atoms with Gasteiger partial charge in [0.2, 0.25) is 0 Å². The largest absolute Gasteiger partial charge is 0.393 e. The Morgan fingerprint density at radius 1 is 1.60 bits per heavy atom. The number of aldehydes is 1. The van der Waals surface area contributed by atoms with E-state index in [1.165, 1.54) is 6.42 Å². The average Bonchev–Trinajstić information content (AvgIpc) is 1.79. The molecule has 2 heteroatoms. The van der Waals surface area contributed by atoms with Crippen LogP contribution in [0.3, 0.4) is 0 Å². The van der Waals surface area contributed by atoms with E-state index in [0.29, 0.717) is 18.8 Å². The van der Waals surface area contributed by atoms with Crippen LogP contribution in [-0.4, -0.2) is 17.5 Å². The molecule has 2 nitrogen and oxygen atoms in total. The lowest BCUT2D eigenvalue weighted by Gasteiger charge is -2.29. The summed E-state index contributed by atoms with van der Waals surface area (Å²) in [6, 6.07) is 0. The van der Waals surface area contributed by atoms with Crippen LogP contribution >= 0.6 is 0 Å². The summed E-state index contributed by atoms with van der Waals surface area (Å²) in [5, 5.41) is 9.34. The number of carbonyl (C=O) groups excluding carboxylic acids is 1. The Kier molecular flexibility index (Phi) is 2.87. The van der Waals surface area contributed by atoms with Gasteiger partial charge in [0.25, 0.3) is 0 Å². The van der Waals surface area contributed by atoms with Crippen molar-refractivity contribution >= 4 is 6.29 Å². The van der Waals surface area contributed by atoms with Crippen molar-refractivity contribution in [1.29, 1.82) is 0 Å². The number of hydrogen-bond donors (Lipinski definition) is 1. The Morgan fingerprint density at radius 2 is 2.30 bits per heavy atom. The second-order valence-corrected chi connectivity index (χ2v) is 3.00. The van der Waals surface area contributed by atoms with Crippen LogP contribution in [0, 0.1) is 5.92 Å². The quantitative estimate of drug-likeness (QED) is 0.597. The Balaban J connectivity index is 2.07. The van der Waals surface area contributed by atoms with Crippen LogP contribution in [0.5, 0.6) is 0 Å². The van der Waals surface area contributed by atoms with Crippen molar-refractivity contribution in [3.63, 3.8) is 0 Å². The second kappa shape index (κ2) is 3.71. The maximum atomic E-state index is 9.93. The number of aliphatic hydroxyl groups is 1. The first-order chi connectivity index (χ1) is 4.84. The van der Waals surface area contributed by atoms with Crippen molar-refractivity contribution in [2.24, 2.45) is 5.92 Å². The molecule has 1 aliphatic carbocycles. The molecule has 0 radical (unpaired) electrons. The SMILES string of the molecule is O=CCCC(O)C1CCC1. The van der Waals surface area contributed by atoms with Crippen LogP contribution in [-0.2, 0) is 4.79 Å². The second-order valence-electron chi connectivity index (χ2n) is 3.00. The monoisotopic (exact) mass is 142 g/mol. The van der Waals surface area contributed by atoms with E-state index in [1.54, 1.807) is 0 Å². The summed E-state index contributed by atoms with van der Waals surface area (Å²) in [5.41, 5.74) is 0. The maximum absolute atomic E-state index is 9.93. The van der Waals surface area contributed by atoms with Crippen molar-refractivity contribution in [2.75, 3.05) is 0 Å². The molecule has 0 heterocycles. The van der Waals surface area contributed by atoms with Gasteiger partial charge in [0, 0.05) is 6.42 Å². The van der Waals surface area contributed by atoms with E-state index in [2.05, 4.69) is 0 Å². The fourth-order valence-electron chi connectivity index (χ4n) is 1.30. The normalized spacial score (nSPS) is 21.7. The molecule has 1 atom stereocenters. The van der Waals surface area contributed by atoms with E-state index in [-0.39, 0.29) is 6.10 Å². The Hall–Kier alpha value is -0.370. The highest BCUT2D eigenvalue weighted by molar-refractivity contribution is 5.49. The molecule has 0 bridgehead atoms. The standard InChI is InChI=1S/C8H14O2/c9-6-2-5-8(10)7-3-1-4-7/h6-8,10H,1-5H2. The van der Waals surface area contributed by atoms with Crippen LogP contribution < -0.4 is 0 Å². The fraction of sp³-hybridized carbons (Fsp3) is 0.875. The molecule has 0 saturated heterocycles. The van der Waals surface area contributed by atoms with Gasteiger partial charge in [-0.2, -0.15) is 0 Å². The van der Waals surface area contributed by atoms with Crippen molar-refractivity contribution < 1.29 is 9.90 Å². The molecule has 1 rings (SSSR count). The van der Waals surface area contributed by atoms with Gasteiger partial charge in [-0.15, -0.1) is 0 Å². The molecular weight excluding hydrogens is 128 g/mol. The predicted molar refractivity (Wildman–Crippen MR) is 38.6 cm³/mol. The highest BCUT2D eigenvalue weighted by Crippen LogP contribution is 2.30. The minimum atomic E-state index is -0.209. The van der Waals surface area contributed by atoms with Crippen LogP contribution in [0.2, 0.25) is 0 Å². The first kappa shape index (κ1) is 7.73. The van der Waals surface area contributed by atoms with Crippen molar-refractivity contribution in [3.8, 4) is 0 Å². The summed E-state index contributed by atoms with van der Waals surface area (Å²) in [5.74, 6) is 0.500. The van der Waals surface area contributed by atoms with Gasteiger partial charge in [-0.05, 0) is 25.2 Å². The topological polar surface area (TPSA) is 37.3 Å². The van der Waals surface area contributed by atoms with Gasteiger partial charge in [0.05, 0.1) is 6.10 Å². The van der Waals surface area contributed by atoms with Gasteiger partial charge < -0.3 is 9.90 Å². The van der Waals surface area contributed by atoms with Gasteiger partial charge in [0.1, 0.15) is 6.29 Å². The minimum absolute atomic E-state index is 0.209. The number of carbonyl (C=O) groups is 1. The minimum Gasteiger partial charge on any atom is -0.393 e. The zero-order chi connectivity index (χ0) is 7.40. The van der Waals surface area contributed by atoms with Crippen molar-refractivity contribution in [1.82, 2.24) is 0 Å². The average molecular weight is 142 g/mol. The van der Waals surface area contributed by atoms with Crippen LogP contribution in [0.25, 0.3) is 0 Å². The molecule has 0 aromatic rings. The smallest absolute Gasteiger partial charge is 0.120 e. The molecule has 58 valence electrons. The van der Waals surface area contributed by atoms with Gasteiger partial charge >= 0.3 is 0 Å². The number of aliphatic hydroxyl groups excluding tert-OH is 1. The molecule has 1 N–H and O–H groups in total. The van der Waals surface area contributed by atoms with E-state index in [1.807, 2.05) is 0 Å². The summed E-state index contributed by atoms with van der Waals surface area (Å²) in [4.78, 5) is 9.93. The molecule has 10 heavy (non-hydrogen) atoms. The van der Waals surface area contributed by atoms with E-state index in [0.717, 1.165) is 19.1 Å². The molecule has 0 aliphatic heterocycles. The third kappa shape index (κ3) is 1.81. The first-order valence-electron chi connectivity index (χ1n) is 3.96. The van der Waals surface area contributed by atoms with E-state index < -0.39 is 0 Å². The van der Waals surface area contributed by atoms with Crippen LogP contribution in [0.15, 0.2) is 0 Å². The van der Waals surface area contributed by atoms with E-state index >= 15 is 0 Å². The Labute approximate surface area is 61.2 Å². The van der Waals surface area contributed by atoms with Gasteiger partial charge in [-0.1, -0.05) is 6.42 Å². The zero-order valence-corrected chi connectivity index (χ0v) is 6.12. The predicted octanol–water partition coefficient (Wildman–Crippen LogP) is 1.13. The van der Waals surface area contributed by atoms with Crippen molar-refractivity contribution in [3.05, 3.63) is 0 Å². The van der Waals surface area contributed by atoms with Crippen molar-refractivity contribution in [2.45, 2.75) is 38.2 Å². The lowest BCUT2D eigenvalue weighted by molar-refractivity contribution is -0.108. The zero-order valence-electron chi connectivity index (χ0n) is 6.12. The Morgan fingerprint density at radius 3 is 2.70 bits per heavy atom. The molecular formula is C8H14O2. The van der Waals surface area contributed by atoms with Gasteiger partial charge in [-0.3, -0.25) is 0 Å². The van der Waals surface area contributed by atoms with Gasteiger partial charge in [0.15, 0.2) is 0 Å². The molecule has 0 aromatic carbocycles. The summed E-state index contributed by atoms with van der Waals surface area (Å²) in [6.45, 7) is 0. The van der Waals surface area contributed by atoms with E-state index in [9.17, 15) is 9.90 Å². The summed E-state index contributed by atoms with van der Waals surface area (Å²) in [6.07, 6.45) is 5.40. The van der Waals surface area contributed by atoms with Crippen LogP contribution in [0.1, 0.15) is 32.1 Å². The summed E-state index contributed by atoms with van der Waals surface area (Å²) < 4.78 is 0. The molecule has 1 saturated carbocycles. The highest BCUT2D eigenvalue weighted by Gasteiger charge is 2.24. The number of rotatable bonds is 4. The van der Waals surface area contributed by atoms with E-state index in [4.69, 9.17) is 0 Å². The molecule has 1 fully saturated rings. The lowest BCUT2D eigenvalue weighted by Crippen LogP contribution is -2.26. The highest BCUT2D eigenvalue weighted by atomic mass is 16.3. The van der Waals surface area contributed by atoms with Crippen LogP contribution in [0.4, 0.5) is 0 Å².